The molecular formula is C18H15BrClN3O4. The number of aryl methyl sites for hydroxylation is 1. The van der Waals surface area contributed by atoms with Crippen molar-refractivity contribution in [3.63, 3.8) is 0 Å². The van der Waals surface area contributed by atoms with Crippen molar-refractivity contribution < 1.29 is 15.1 Å². The predicted molar refractivity (Wildman–Crippen MR) is 106 cm³/mol. The zero-order valence-corrected chi connectivity index (χ0v) is 17.0. The van der Waals surface area contributed by atoms with E-state index in [1.54, 1.807) is 13.1 Å². The summed E-state index contributed by atoms with van der Waals surface area (Å²) in [6.07, 6.45) is 0. The number of nitrogens with zero attached hydrogens (tertiary/aromatic N) is 3. The highest BCUT2D eigenvalue weighted by molar-refractivity contribution is 9.10. The minimum absolute atomic E-state index is 0.394. The fourth-order valence-corrected chi connectivity index (χ4v) is 3.93. The van der Waals surface area contributed by atoms with E-state index in [0.717, 1.165) is 16.8 Å². The molecule has 1 aromatic carbocycles. The van der Waals surface area contributed by atoms with Crippen LogP contribution in [0.2, 0.25) is 5.02 Å². The highest BCUT2D eigenvalue weighted by atomic mass is 79.9. The molecule has 0 fully saturated rings. The van der Waals surface area contributed by atoms with Gasteiger partial charge in [-0.15, -0.1) is 0 Å². The number of nitro groups is 1. The zero-order valence-electron chi connectivity index (χ0n) is 14.6. The third-order valence-corrected chi connectivity index (χ3v) is 5.56. The van der Waals surface area contributed by atoms with Crippen molar-refractivity contribution in [2.75, 3.05) is 0 Å². The first-order valence-electron chi connectivity index (χ1n) is 7.82. The van der Waals surface area contributed by atoms with Crippen molar-refractivity contribution in [2.24, 2.45) is 7.05 Å². The molecule has 0 aliphatic rings. The maximum atomic E-state index is 11.1. The molecule has 0 saturated heterocycles. The summed E-state index contributed by atoms with van der Waals surface area (Å²) < 4.78 is 2.45. The van der Waals surface area contributed by atoms with Gasteiger partial charge in [0, 0.05) is 29.9 Å². The summed E-state index contributed by atoms with van der Waals surface area (Å²) in [6.45, 7) is 3.71. The molecule has 0 unspecified atom stereocenters. The molecule has 0 spiro atoms. The van der Waals surface area contributed by atoms with Gasteiger partial charge in [0.25, 0.3) is 0 Å². The number of benzene rings is 1. The van der Waals surface area contributed by atoms with Gasteiger partial charge in [-0.25, -0.2) is 4.98 Å². The Labute approximate surface area is 168 Å². The Kier molecular flexibility index (Phi) is 4.88. The molecule has 2 N–H and O–H groups in total. The van der Waals surface area contributed by atoms with E-state index in [0.29, 0.717) is 26.6 Å². The number of hydrogen-bond donors (Lipinski definition) is 2. The average molecular weight is 453 g/mol. The van der Waals surface area contributed by atoms with Gasteiger partial charge >= 0.3 is 5.69 Å². The highest BCUT2D eigenvalue weighted by Crippen LogP contribution is 2.41. The number of hydrogen-bond acceptors (Lipinski definition) is 5. The van der Waals surface area contributed by atoms with Gasteiger partial charge in [-0.1, -0.05) is 11.6 Å². The Morgan fingerprint density at radius 1 is 1.22 bits per heavy atom. The molecule has 2 aromatic heterocycles. The average Bonchev–Trinajstić information content (AvgIpc) is 2.96. The van der Waals surface area contributed by atoms with Gasteiger partial charge in [0.15, 0.2) is 5.75 Å². The smallest absolute Gasteiger partial charge is 0.315 e. The van der Waals surface area contributed by atoms with E-state index < -0.39 is 22.1 Å². The van der Waals surface area contributed by atoms with Gasteiger partial charge in [-0.2, -0.15) is 0 Å². The van der Waals surface area contributed by atoms with Crippen molar-refractivity contribution in [1.29, 1.82) is 0 Å². The first-order chi connectivity index (χ1) is 12.6. The Morgan fingerprint density at radius 2 is 1.85 bits per heavy atom. The lowest BCUT2D eigenvalue weighted by Crippen LogP contribution is -2.00. The van der Waals surface area contributed by atoms with Crippen LogP contribution in [0, 0.1) is 24.0 Å². The minimum atomic E-state index is -0.758. The van der Waals surface area contributed by atoms with Gasteiger partial charge < -0.3 is 14.8 Å². The Morgan fingerprint density at radius 3 is 2.48 bits per heavy atom. The predicted octanol–water partition coefficient (Wildman–Crippen LogP) is 5.11. The summed E-state index contributed by atoms with van der Waals surface area (Å²) in [4.78, 5) is 14.8. The maximum absolute atomic E-state index is 11.1. The maximum Gasteiger partial charge on any atom is 0.315 e. The Hall–Kier alpha value is -2.58. The molecule has 0 bridgehead atoms. The quantitative estimate of drug-likeness (QED) is 0.249. The Balaban J connectivity index is 2.22. The number of pyridine rings is 1. The van der Waals surface area contributed by atoms with Crippen LogP contribution in [0.15, 0.2) is 28.9 Å². The molecule has 0 radical (unpaired) electrons. The molecule has 0 atom stereocenters. The van der Waals surface area contributed by atoms with Crippen LogP contribution < -0.4 is 0 Å². The van der Waals surface area contributed by atoms with E-state index in [1.165, 1.54) is 12.1 Å². The third-order valence-electron chi connectivity index (χ3n) is 4.43. The number of rotatable bonds is 3. The fraction of sp³-hybridized carbons (Fsp3) is 0.167. The summed E-state index contributed by atoms with van der Waals surface area (Å²) in [6, 6.07) is 6.11. The summed E-state index contributed by atoms with van der Waals surface area (Å²) in [5.41, 5.74) is 3.60. The number of aromatic nitrogens is 2. The van der Waals surface area contributed by atoms with E-state index in [-0.39, 0.29) is 0 Å². The van der Waals surface area contributed by atoms with Crippen LogP contribution in [0.5, 0.6) is 11.5 Å². The number of halogens is 2. The molecule has 0 saturated carbocycles. The molecule has 9 heteroatoms. The van der Waals surface area contributed by atoms with Gasteiger partial charge in [0.05, 0.1) is 21.3 Å². The molecule has 2 heterocycles. The van der Waals surface area contributed by atoms with Crippen LogP contribution in [0.4, 0.5) is 5.69 Å². The fourth-order valence-electron chi connectivity index (χ4n) is 3.03. The number of phenols is 2. The summed E-state index contributed by atoms with van der Waals surface area (Å²) >= 11 is 9.82. The van der Waals surface area contributed by atoms with Crippen molar-refractivity contribution in [3.05, 3.63) is 55.3 Å². The van der Waals surface area contributed by atoms with Crippen LogP contribution in [-0.2, 0) is 7.05 Å². The zero-order chi connectivity index (χ0) is 20.0. The van der Waals surface area contributed by atoms with Crippen LogP contribution in [0.25, 0.3) is 22.5 Å². The molecule has 0 aliphatic carbocycles. The molecule has 3 rings (SSSR count). The van der Waals surface area contributed by atoms with Gasteiger partial charge in [-0.3, -0.25) is 10.1 Å². The third kappa shape index (κ3) is 3.15. The monoisotopic (exact) mass is 451 g/mol. The number of aromatic hydroxyl groups is 2. The van der Waals surface area contributed by atoms with Crippen LogP contribution in [-0.4, -0.2) is 24.7 Å². The SMILES string of the molecule is Cc1nc(Br)c(-c2ccc(-c3cc(O)c(O)c([N+](=O)[O-])c3)n2C)c(C)c1Cl. The van der Waals surface area contributed by atoms with E-state index in [9.17, 15) is 20.3 Å². The van der Waals surface area contributed by atoms with Crippen molar-refractivity contribution in [3.8, 4) is 34.0 Å². The van der Waals surface area contributed by atoms with Crippen molar-refractivity contribution >= 4 is 33.2 Å². The summed E-state index contributed by atoms with van der Waals surface area (Å²) in [5.74, 6) is -1.31. The summed E-state index contributed by atoms with van der Waals surface area (Å²) in [5, 5.41) is 31.2. The van der Waals surface area contributed by atoms with Crippen LogP contribution in [0.3, 0.4) is 0 Å². The van der Waals surface area contributed by atoms with Gasteiger partial charge in [0.2, 0.25) is 5.75 Å². The van der Waals surface area contributed by atoms with Gasteiger partial charge in [-0.05, 0) is 53.5 Å². The first-order valence-corrected chi connectivity index (χ1v) is 8.99. The second kappa shape index (κ2) is 6.86. The van der Waals surface area contributed by atoms with E-state index in [2.05, 4.69) is 20.9 Å². The van der Waals surface area contributed by atoms with E-state index >= 15 is 0 Å². The highest BCUT2D eigenvalue weighted by Gasteiger charge is 2.22. The van der Waals surface area contributed by atoms with Crippen LogP contribution >= 0.6 is 27.5 Å². The van der Waals surface area contributed by atoms with Gasteiger partial charge in [0.1, 0.15) is 4.60 Å². The van der Waals surface area contributed by atoms with E-state index in [1.807, 2.05) is 24.5 Å². The van der Waals surface area contributed by atoms with Crippen molar-refractivity contribution in [2.45, 2.75) is 13.8 Å². The normalized spacial score (nSPS) is 11.0. The standard InChI is InChI=1S/C18H15BrClN3O4/c1-8-15(18(19)21-9(2)16(8)20)12-5-4-11(22(12)3)10-6-13(23(26)27)17(25)14(24)7-10/h4-7,24-25H,1-3H3. The number of phenolic OH excluding ortho intramolecular Hbond substituents is 2. The largest absolute Gasteiger partial charge is 0.504 e. The molecule has 0 aliphatic heterocycles. The van der Waals surface area contributed by atoms with E-state index in [4.69, 9.17) is 11.6 Å². The molecular weight excluding hydrogens is 438 g/mol. The molecule has 0 amide bonds. The molecule has 27 heavy (non-hydrogen) atoms. The lowest BCUT2D eigenvalue weighted by atomic mass is 10.1. The first kappa shape index (κ1) is 19.2. The summed E-state index contributed by atoms with van der Waals surface area (Å²) in [7, 11) is 1.79. The van der Waals surface area contributed by atoms with Crippen LogP contribution in [0.1, 0.15) is 11.3 Å². The topological polar surface area (TPSA) is 101 Å². The second-order valence-corrected chi connectivity index (χ2v) is 7.21. The molecule has 7 nitrogen and oxygen atoms in total. The molecule has 3 aromatic rings. The van der Waals surface area contributed by atoms with Crippen molar-refractivity contribution in [1.82, 2.24) is 9.55 Å². The lowest BCUT2D eigenvalue weighted by Gasteiger charge is -2.14. The second-order valence-electron chi connectivity index (χ2n) is 6.09. The number of nitro benzene ring substituents is 1. The minimum Gasteiger partial charge on any atom is -0.504 e. The Bertz CT molecular complexity index is 1090. The molecule has 140 valence electrons. The lowest BCUT2D eigenvalue weighted by molar-refractivity contribution is -0.385.